The molecule has 3 heterocycles. The van der Waals surface area contributed by atoms with Crippen molar-refractivity contribution >= 4 is 44.5 Å². The molecule has 2 N–H and O–H groups in total. The Morgan fingerprint density at radius 2 is 2.00 bits per heavy atom. The summed E-state index contributed by atoms with van der Waals surface area (Å²) in [5.74, 6) is -0.396. The topological polar surface area (TPSA) is 65.2 Å². The number of thiophene rings is 2. The van der Waals surface area contributed by atoms with Crippen molar-refractivity contribution in [3.8, 4) is 21.7 Å². The summed E-state index contributed by atoms with van der Waals surface area (Å²) < 4.78 is 5.16. The highest BCUT2D eigenvalue weighted by Gasteiger charge is 2.22. The van der Waals surface area contributed by atoms with Crippen LogP contribution < -0.4 is 5.73 Å². The number of rotatable bonds is 4. The van der Waals surface area contributed by atoms with Crippen LogP contribution in [0.5, 0.6) is 0 Å². The van der Waals surface area contributed by atoms with Crippen LogP contribution in [0.4, 0.5) is 5.69 Å². The largest absolute Gasteiger partial charge is 0.462 e. The third kappa shape index (κ3) is 3.22. The highest BCUT2D eigenvalue weighted by molar-refractivity contribution is 7.21. The zero-order chi connectivity index (χ0) is 19.0. The standard InChI is InChI=1S/C21H18N2O2S2/c1-3-25-21(24)19-18(22)17-14(16-5-4-10-26-16)11-15(23-20(17)27-19)13-8-6-12(2)7-9-13/h4-11H,3,22H2,1-2H3. The van der Waals surface area contributed by atoms with Gasteiger partial charge in [-0.05, 0) is 31.4 Å². The Bertz CT molecular complexity index is 1110. The van der Waals surface area contributed by atoms with Gasteiger partial charge < -0.3 is 10.5 Å². The molecular weight excluding hydrogens is 376 g/mol. The average Bonchev–Trinajstić information content (AvgIpc) is 3.30. The molecule has 0 aliphatic rings. The summed E-state index contributed by atoms with van der Waals surface area (Å²) in [4.78, 5) is 19.4. The molecule has 27 heavy (non-hydrogen) atoms. The van der Waals surface area contributed by atoms with Crippen molar-refractivity contribution in [1.29, 1.82) is 0 Å². The van der Waals surface area contributed by atoms with Gasteiger partial charge in [-0.1, -0.05) is 35.9 Å². The Labute approximate surface area is 165 Å². The van der Waals surface area contributed by atoms with E-state index in [-0.39, 0.29) is 0 Å². The summed E-state index contributed by atoms with van der Waals surface area (Å²) in [5, 5.41) is 2.85. The van der Waals surface area contributed by atoms with Crippen molar-refractivity contribution in [2.75, 3.05) is 12.3 Å². The minimum atomic E-state index is -0.396. The Morgan fingerprint density at radius 3 is 2.67 bits per heavy atom. The number of hydrogen-bond acceptors (Lipinski definition) is 6. The first-order chi connectivity index (χ1) is 13.1. The number of pyridine rings is 1. The zero-order valence-corrected chi connectivity index (χ0v) is 16.6. The SMILES string of the molecule is CCOC(=O)c1sc2nc(-c3ccc(C)cc3)cc(-c3cccs3)c2c1N. The quantitative estimate of drug-likeness (QED) is 0.447. The lowest BCUT2D eigenvalue weighted by Crippen LogP contribution is -2.04. The van der Waals surface area contributed by atoms with Gasteiger partial charge in [-0.3, -0.25) is 0 Å². The number of esters is 1. The molecule has 0 unspecified atom stereocenters. The van der Waals surface area contributed by atoms with Gasteiger partial charge in [0.15, 0.2) is 0 Å². The number of hydrogen-bond donors (Lipinski definition) is 1. The monoisotopic (exact) mass is 394 g/mol. The van der Waals surface area contributed by atoms with Crippen LogP contribution in [0, 0.1) is 6.92 Å². The Morgan fingerprint density at radius 1 is 1.22 bits per heavy atom. The van der Waals surface area contributed by atoms with Gasteiger partial charge in [-0.25, -0.2) is 9.78 Å². The lowest BCUT2D eigenvalue weighted by molar-refractivity contribution is 0.0533. The molecule has 0 bridgehead atoms. The summed E-state index contributed by atoms with van der Waals surface area (Å²) in [5.41, 5.74) is 10.9. The maximum atomic E-state index is 12.3. The molecular formula is C21H18N2O2S2. The van der Waals surface area contributed by atoms with Crippen molar-refractivity contribution in [2.24, 2.45) is 0 Å². The highest BCUT2D eigenvalue weighted by Crippen LogP contribution is 2.42. The van der Waals surface area contributed by atoms with Crippen LogP contribution in [0.25, 0.3) is 31.9 Å². The second-order valence-electron chi connectivity index (χ2n) is 6.14. The minimum absolute atomic E-state index is 0.312. The smallest absolute Gasteiger partial charge is 0.350 e. The number of carbonyl (C=O) groups excluding carboxylic acids is 1. The molecule has 1 aromatic carbocycles. The molecule has 0 spiro atoms. The van der Waals surface area contributed by atoms with Crippen molar-refractivity contribution < 1.29 is 9.53 Å². The number of aromatic nitrogens is 1. The molecule has 4 aromatic rings. The first-order valence-corrected chi connectivity index (χ1v) is 10.3. The third-order valence-corrected chi connectivity index (χ3v) is 6.28. The number of nitrogens with two attached hydrogens (primary N) is 1. The second kappa shape index (κ2) is 7.13. The number of aryl methyl sites for hydroxylation is 1. The maximum absolute atomic E-state index is 12.3. The van der Waals surface area contributed by atoms with Gasteiger partial charge >= 0.3 is 5.97 Å². The van der Waals surface area contributed by atoms with E-state index in [2.05, 4.69) is 43.3 Å². The lowest BCUT2D eigenvalue weighted by atomic mass is 10.0. The fourth-order valence-corrected chi connectivity index (χ4v) is 4.73. The first-order valence-electron chi connectivity index (χ1n) is 8.59. The average molecular weight is 395 g/mol. The number of nitrogen functional groups attached to an aromatic ring is 1. The molecule has 0 atom stereocenters. The number of ether oxygens (including phenoxy) is 1. The van der Waals surface area contributed by atoms with E-state index in [0.717, 1.165) is 31.9 Å². The van der Waals surface area contributed by atoms with Crippen molar-refractivity contribution in [1.82, 2.24) is 4.98 Å². The van der Waals surface area contributed by atoms with Gasteiger partial charge in [0.25, 0.3) is 0 Å². The van der Waals surface area contributed by atoms with Gasteiger partial charge in [-0.15, -0.1) is 22.7 Å². The Balaban J connectivity index is 1.98. The van der Waals surface area contributed by atoms with Gasteiger partial charge in [0.05, 0.1) is 18.0 Å². The molecule has 0 saturated heterocycles. The van der Waals surface area contributed by atoms with Crippen LogP contribution in [0.1, 0.15) is 22.2 Å². The van der Waals surface area contributed by atoms with E-state index in [9.17, 15) is 4.79 Å². The molecule has 0 saturated carbocycles. The fourth-order valence-electron chi connectivity index (χ4n) is 2.97. The number of anilines is 1. The highest BCUT2D eigenvalue weighted by atomic mass is 32.1. The van der Waals surface area contributed by atoms with E-state index in [0.29, 0.717) is 17.2 Å². The van der Waals surface area contributed by atoms with Crippen molar-refractivity contribution in [2.45, 2.75) is 13.8 Å². The molecule has 6 heteroatoms. The Hall–Kier alpha value is -2.70. The zero-order valence-electron chi connectivity index (χ0n) is 15.0. The normalized spacial score (nSPS) is 11.0. The van der Waals surface area contributed by atoms with Gasteiger partial charge in [0.1, 0.15) is 9.71 Å². The Kier molecular flexibility index (Phi) is 4.68. The number of fused-ring (bicyclic) bond motifs is 1. The van der Waals surface area contributed by atoms with E-state index in [1.807, 2.05) is 11.4 Å². The van der Waals surface area contributed by atoms with Crippen molar-refractivity contribution in [3.05, 3.63) is 58.3 Å². The number of nitrogens with zero attached hydrogens (tertiary/aromatic N) is 1. The first kappa shape index (κ1) is 17.7. The van der Waals surface area contributed by atoms with E-state index >= 15 is 0 Å². The summed E-state index contributed by atoms with van der Waals surface area (Å²) in [6.45, 7) is 4.15. The van der Waals surface area contributed by atoms with E-state index in [1.54, 1.807) is 18.3 Å². The minimum Gasteiger partial charge on any atom is -0.462 e. The van der Waals surface area contributed by atoms with Crippen LogP contribution in [-0.4, -0.2) is 17.6 Å². The molecule has 136 valence electrons. The number of benzene rings is 1. The predicted molar refractivity (Wildman–Crippen MR) is 113 cm³/mol. The predicted octanol–water partition coefficient (Wildman–Crippen LogP) is 5.76. The van der Waals surface area contributed by atoms with E-state index in [4.69, 9.17) is 15.5 Å². The third-order valence-electron chi connectivity index (χ3n) is 4.29. The van der Waals surface area contributed by atoms with E-state index in [1.165, 1.54) is 16.9 Å². The molecule has 0 radical (unpaired) electrons. The van der Waals surface area contributed by atoms with Gasteiger partial charge in [0, 0.05) is 21.4 Å². The maximum Gasteiger partial charge on any atom is 0.350 e. The second-order valence-corrected chi connectivity index (χ2v) is 8.09. The summed E-state index contributed by atoms with van der Waals surface area (Å²) in [7, 11) is 0. The molecule has 3 aromatic heterocycles. The number of carbonyl (C=O) groups is 1. The van der Waals surface area contributed by atoms with Crippen LogP contribution in [0.3, 0.4) is 0 Å². The van der Waals surface area contributed by atoms with Gasteiger partial charge in [0.2, 0.25) is 0 Å². The van der Waals surface area contributed by atoms with Crippen LogP contribution >= 0.6 is 22.7 Å². The van der Waals surface area contributed by atoms with Crippen LogP contribution in [-0.2, 0) is 4.74 Å². The van der Waals surface area contributed by atoms with Crippen LogP contribution in [0.2, 0.25) is 0 Å². The molecule has 0 fully saturated rings. The fraction of sp³-hybridized carbons (Fsp3) is 0.143. The lowest BCUT2D eigenvalue weighted by Gasteiger charge is -2.07. The van der Waals surface area contributed by atoms with E-state index < -0.39 is 5.97 Å². The van der Waals surface area contributed by atoms with Gasteiger partial charge in [-0.2, -0.15) is 0 Å². The molecule has 0 aliphatic carbocycles. The van der Waals surface area contributed by atoms with Crippen molar-refractivity contribution in [3.63, 3.8) is 0 Å². The summed E-state index contributed by atoms with van der Waals surface area (Å²) >= 11 is 2.93. The molecule has 0 amide bonds. The molecule has 4 rings (SSSR count). The summed E-state index contributed by atoms with van der Waals surface area (Å²) in [6, 6.07) is 14.4. The summed E-state index contributed by atoms with van der Waals surface area (Å²) in [6.07, 6.45) is 0. The van der Waals surface area contributed by atoms with Crippen LogP contribution in [0.15, 0.2) is 47.8 Å². The molecule has 0 aliphatic heterocycles. The molecule has 4 nitrogen and oxygen atoms in total.